The number of fused-ring (bicyclic) bond motifs is 1. The van der Waals surface area contributed by atoms with Gasteiger partial charge in [0.05, 0.1) is 21.0 Å². The lowest BCUT2D eigenvalue weighted by Gasteiger charge is -2.36. The number of thiazole rings is 1. The molecule has 3 aliphatic rings. The Labute approximate surface area is 259 Å². The Hall–Kier alpha value is -4.08. The number of hydrogen-bond donors (Lipinski definition) is 3. The van der Waals surface area contributed by atoms with Crippen LogP contribution < -0.4 is 14.9 Å². The molecule has 44 heavy (non-hydrogen) atoms. The molecular weight excluding hydrogens is 606 g/mol. The SMILES string of the molecule is CNS(=O)(=O)c1cc(-c2sc(Nc3cccc(N4CCN(C(=O)O)[C@H](C)C4=O)n3)nc2C)cc2c1C(=O)N([C@@H](C)C1CC1)C2. The molecule has 2 atom stereocenters. The lowest BCUT2D eigenvalue weighted by molar-refractivity contribution is -0.124. The van der Waals surface area contributed by atoms with Crippen LogP contribution in [0.1, 0.15) is 48.3 Å². The second kappa shape index (κ2) is 11.1. The monoisotopic (exact) mass is 639 g/mol. The molecule has 2 aromatic heterocycles. The number of carbonyl (C=O) groups is 3. The van der Waals surface area contributed by atoms with E-state index in [1.54, 1.807) is 36.1 Å². The molecule has 2 fully saturated rings. The van der Waals surface area contributed by atoms with Crippen molar-refractivity contribution in [3.8, 4) is 10.4 Å². The normalized spacial score (nSPS) is 19.4. The van der Waals surface area contributed by atoms with Gasteiger partial charge in [-0.3, -0.25) is 19.4 Å². The molecule has 13 nitrogen and oxygen atoms in total. The number of hydrogen-bond acceptors (Lipinski definition) is 9. The molecule has 0 radical (unpaired) electrons. The minimum absolute atomic E-state index is 0.0345. The number of carboxylic acid groups (broad SMARTS) is 1. The molecule has 1 aliphatic carbocycles. The summed E-state index contributed by atoms with van der Waals surface area (Å²) in [5.41, 5.74) is 2.22. The second-order valence-electron chi connectivity index (χ2n) is 11.3. The third kappa shape index (κ3) is 5.28. The van der Waals surface area contributed by atoms with Gasteiger partial charge in [-0.15, -0.1) is 0 Å². The predicted molar refractivity (Wildman–Crippen MR) is 165 cm³/mol. The van der Waals surface area contributed by atoms with E-state index in [9.17, 15) is 27.9 Å². The van der Waals surface area contributed by atoms with E-state index < -0.39 is 22.2 Å². The Balaban J connectivity index is 1.29. The van der Waals surface area contributed by atoms with Crippen molar-refractivity contribution in [1.29, 1.82) is 0 Å². The molecule has 15 heteroatoms. The van der Waals surface area contributed by atoms with Gasteiger partial charge in [0.1, 0.15) is 17.7 Å². The number of aryl methyl sites for hydroxylation is 1. The van der Waals surface area contributed by atoms with Crippen LogP contribution in [-0.4, -0.2) is 83.4 Å². The van der Waals surface area contributed by atoms with E-state index in [-0.39, 0.29) is 41.4 Å². The molecule has 6 rings (SSSR count). The van der Waals surface area contributed by atoms with Gasteiger partial charge < -0.3 is 15.3 Å². The fourth-order valence-electron chi connectivity index (χ4n) is 5.88. The number of anilines is 3. The number of aromatic nitrogens is 2. The largest absolute Gasteiger partial charge is 0.465 e. The van der Waals surface area contributed by atoms with Gasteiger partial charge in [0.15, 0.2) is 5.13 Å². The summed E-state index contributed by atoms with van der Waals surface area (Å²) in [6.07, 6.45) is 0.997. The van der Waals surface area contributed by atoms with Crippen molar-refractivity contribution in [2.45, 2.75) is 57.1 Å². The zero-order valence-electron chi connectivity index (χ0n) is 24.7. The van der Waals surface area contributed by atoms with Crippen molar-refractivity contribution in [3.05, 3.63) is 47.2 Å². The number of carbonyl (C=O) groups excluding carboxylic acids is 2. The van der Waals surface area contributed by atoms with Crippen molar-refractivity contribution in [2.24, 2.45) is 5.92 Å². The van der Waals surface area contributed by atoms with E-state index >= 15 is 0 Å². The zero-order valence-corrected chi connectivity index (χ0v) is 26.3. The second-order valence-corrected chi connectivity index (χ2v) is 14.2. The number of amides is 3. The van der Waals surface area contributed by atoms with Gasteiger partial charge in [0.2, 0.25) is 10.0 Å². The first-order chi connectivity index (χ1) is 20.9. The van der Waals surface area contributed by atoms with Crippen LogP contribution in [0.15, 0.2) is 35.2 Å². The third-order valence-electron chi connectivity index (χ3n) is 8.56. The summed E-state index contributed by atoms with van der Waals surface area (Å²) in [7, 11) is -2.60. The summed E-state index contributed by atoms with van der Waals surface area (Å²) < 4.78 is 28.6. The molecule has 0 unspecified atom stereocenters. The fraction of sp³-hybridized carbons (Fsp3) is 0.414. The number of pyridine rings is 1. The highest BCUT2D eigenvalue weighted by Gasteiger charge is 2.41. The summed E-state index contributed by atoms with van der Waals surface area (Å²) >= 11 is 1.32. The van der Waals surface area contributed by atoms with Crippen LogP contribution in [0.5, 0.6) is 0 Å². The summed E-state index contributed by atoms with van der Waals surface area (Å²) in [4.78, 5) is 52.1. The smallest absolute Gasteiger partial charge is 0.408 e. The Morgan fingerprint density at radius 2 is 1.91 bits per heavy atom. The molecule has 232 valence electrons. The minimum atomic E-state index is -3.93. The number of rotatable bonds is 8. The predicted octanol–water partition coefficient (Wildman–Crippen LogP) is 3.63. The van der Waals surface area contributed by atoms with Crippen LogP contribution in [0.3, 0.4) is 0 Å². The third-order valence-corrected chi connectivity index (χ3v) is 11.1. The molecule has 2 aliphatic heterocycles. The highest BCUT2D eigenvalue weighted by molar-refractivity contribution is 7.89. The molecule has 0 spiro atoms. The van der Waals surface area contributed by atoms with Gasteiger partial charge in [-0.2, -0.15) is 0 Å². The van der Waals surface area contributed by atoms with E-state index in [1.807, 2.05) is 19.9 Å². The maximum Gasteiger partial charge on any atom is 0.408 e. The Bertz CT molecular complexity index is 1790. The van der Waals surface area contributed by atoms with Gasteiger partial charge in [-0.05, 0) is 82.0 Å². The maximum absolute atomic E-state index is 13.5. The zero-order chi connectivity index (χ0) is 31.5. The number of nitrogens with one attached hydrogen (secondary N) is 2. The van der Waals surface area contributed by atoms with Gasteiger partial charge in [-0.25, -0.2) is 27.9 Å². The van der Waals surface area contributed by atoms with Crippen LogP contribution in [-0.2, 0) is 21.4 Å². The van der Waals surface area contributed by atoms with Crippen LogP contribution in [0.4, 0.5) is 21.6 Å². The average molecular weight is 640 g/mol. The summed E-state index contributed by atoms with van der Waals surface area (Å²) in [5.74, 6) is 0.652. The average Bonchev–Trinajstić information content (AvgIpc) is 3.71. The minimum Gasteiger partial charge on any atom is -0.465 e. The fourth-order valence-corrected chi connectivity index (χ4v) is 7.83. The highest BCUT2D eigenvalue weighted by atomic mass is 32.2. The van der Waals surface area contributed by atoms with E-state index in [2.05, 4.69) is 20.0 Å². The van der Waals surface area contributed by atoms with Crippen LogP contribution in [0, 0.1) is 12.8 Å². The van der Waals surface area contributed by atoms with Crippen molar-refractivity contribution < 1.29 is 27.9 Å². The van der Waals surface area contributed by atoms with Gasteiger partial charge in [0, 0.05) is 25.7 Å². The summed E-state index contributed by atoms with van der Waals surface area (Å²) in [6, 6.07) is 7.80. The van der Waals surface area contributed by atoms with Crippen molar-refractivity contribution >= 4 is 56.0 Å². The van der Waals surface area contributed by atoms with Crippen molar-refractivity contribution in [2.75, 3.05) is 30.4 Å². The molecule has 3 amide bonds. The quantitative estimate of drug-likeness (QED) is 0.334. The van der Waals surface area contributed by atoms with Crippen molar-refractivity contribution in [1.82, 2.24) is 24.5 Å². The lowest BCUT2D eigenvalue weighted by atomic mass is 10.0. The van der Waals surface area contributed by atoms with Crippen LogP contribution in [0.25, 0.3) is 10.4 Å². The van der Waals surface area contributed by atoms with Crippen LogP contribution >= 0.6 is 11.3 Å². The van der Waals surface area contributed by atoms with Gasteiger partial charge in [-0.1, -0.05) is 17.4 Å². The number of sulfonamides is 1. The molecule has 0 bridgehead atoms. The Morgan fingerprint density at radius 1 is 1.16 bits per heavy atom. The van der Waals surface area contributed by atoms with Crippen LogP contribution in [0.2, 0.25) is 0 Å². The molecule has 4 heterocycles. The number of benzene rings is 1. The highest BCUT2D eigenvalue weighted by Crippen LogP contribution is 2.42. The van der Waals surface area contributed by atoms with Gasteiger partial charge >= 0.3 is 6.09 Å². The maximum atomic E-state index is 13.5. The first-order valence-corrected chi connectivity index (χ1v) is 16.6. The summed E-state index contributed by atoms with van der Waals surface area (Å²) in [5, 5.41) is 13.0. The van der Waals surface area contributed by atoms with E-state index in [4.69, 9.17) is 0 Å². The van der Waals surface area contributed by atoms with Crippen molar-refractivity contribution in [3.63, 3.8) is 0 Å². The first kappa shape index (κ1) is 30.0. The number of piperazine rings is 1. The molecule has 1 saturated heterocycles. The molecule has 3 N–H and O–H groups in total. The Kier molecular flexibility index (Phi) is 7.58. The topological polar surface area (TPSA) is 165 Å². The van der Waals surface area contributed by atoms with E-state index in [0.717, 1.165) is 22.6 Å². The molecule has 1 saturated carbocycles. The lowest BCUT2D eigenvalue weighted by Crippen LogP contribution is -2.57. The van der Waals surface area contributed by atoms with E-state index in [0.29, 0.717) is 46.1 Å². The first-order valence-electron chi connectivity index (χ1n) is 14.3. The summed E-state index contributed by atoms with van der Waals surface area (Å²) in [6.45, 7) is 6.11. The van der Waals surface area contributed by atoms with E-state index in [1.165, 1.54) is 23.3 Å². The molecular formula is C29H33N7O6S2. The number of nitrogens with zero attached hydrogens (tertiary/aromatic N) is 5. The Morgan fingerprint density at radius 3 is 2.59 bits per heavy atom. The molecule has 1 aromatic carbocycles. The van der Waals surface area contributed by atoms with Gasteiger partial charge in [0.25, 0.3) is 11.8 Å². The standard InChI is InChI=1S/C29H33N7O6S2/c1-15-25(19-12-20-14-36(16(2)18-8-9-18)27(38)24(20)21(13-19)44(41,42)30-4)43-28(31-15)33-22-6-5-7-23(32-22)35-11-10-34(29(39)40)17(3)26(35)37/h5-7,12-13,16-18,30H,8-11,14H2,1-4H3,(H,39,40)(H,31,32,33)/t16-,17+/m0/s1. The molecule has 3 aromatic rings.